The zero-order valence-corrected chi connectivity index (χ0v) is 18.9. The minimum Gasteiger partial charge on any atom is -0.382 e. The van der Waals surface area contributed by atoms with Gasteiger partial charge in [0.1, 0.15) is 11.2 Å². The maximum absolute atomic E-state index is 13.2. The summed E-state index contributed by atoms with van der Waals surface area (Å²) in [6.45, 7) is 5.58. The van der Waals surface area contributed by atoms with Crippen LogP contribution in [0.4, 0.5) is 0 Å². The van der Waals surface area contributed by atoms with Crippen molar-refractivity contribution < 1.29 is 19.1 Å². The van der Waals surface area contributed by atoms with Crippen LogP contribution in [0.3, 0.4) is 0 Å². The lowest BCUT2D eigenvalue weighted by atomic mass is 9.95. The van der Waals surface area contributed by atoms with E-state index >= 15 is 0 Å². The van der Waals surface area contributed by atoms with Gasteiger partial charge < -0.3 is 20.3 Å². The first kappa shape index (κ1) is 23.2. The fourth-order valence-electron chi connectivity index (χ4n) is 4.21. The molecule has 1 aromatic rings. The molecule has 0 spiro atoms. The monoisotopic (exact) mass is 433 g/mol. The number of ether oxygens (including phenoxy) is 1. The Morgan fingerprint density at radius 2 is 1.97 bits per heavy atom. The van der Waals surface area contributed by atoms with Crippen molar-refractivity contribution in [2.75, 3.05) is 26.8 Å². The van der Waals surface area contributed by atoms with Crippen LogP contribution >= 0.6 is 0 Å². The van der Waals surface area contributed by atoms with E-state index in [9.17, 15) is 14.4 Å². The van der Waals surface area contributed by atoms with Gasteiger partial charge in [0.15, 0.2) is 5.69 Å². The van der Waals surface area contributed by atoms with Crippen molar-refractivity contribution in [2.24, 2.45) is 0 Å². The summed E-state index contributed by atoms with van der Waals surface area (Å²) in [4.78, 5) is 40.1. The second kappa shape index (κ2) is 10.3. The van der Waals surface area contributed by atoms with Gasteiger partial charge in [0.05, 0.1) is 6.54 Å². The molecule has 0 saturated heterocycles. The maximum atomic E-state index is 13.2. The smallest absolute Gasteiger partial charge is 0.272 e. The predicted molar refractivity (Wildman–Crippen MR) is 116 cm³/mol. The average molecular weight is 434 g/mol. The summed E-state index contributed by atoms with van der Waals surface area (Å²) in [5.74, 6) is -0.815. The summed E-state index contributed by atoms with van der Waals surface area (Å²) in [6, 6.07) is 1.65. The van der Waals surface area contributed by atoms with Crippen LogP contribution in [-0.2, 0) is 16.1 Å². The molecule has 1 fully saturated rings. The number of likely N-dealkylation sites (N-methyl/N-ethyl adjacent to an activating group) is 1. The molecule has 9 heteroatoms. The summed E-state index contributed by atoms with van der Waals surface area (Å²) < 4.78 is 6.75. The van der Waals surface area contributed by atoms with Crippen molar-refractivity contribution in [3.05, 3.63) is 17.5 Å². The van der Waals surface area contributed by atoms with Gasteiger partial charge in [-0.1, -0.05) is 25.7 Å². The summed E-state index contributed by atoms with van der Waals surface area (Å²) in [6.07, 6.45) is 7.28. The SMILES string of the molecule is CCOCCCNC(=O)c1cc2n(n1)C[C@@](C)(C(=O)NC1CCCCCC1)N(C)C2=O. The quantitative estimate of drug-likeness (QED) is 0.480. The van der Waals surface area contributed by atoms with E-state index < -0.39 is 5.54 Å². The molecule has 172 valence electrons. The van der Waals surface area contributed by atoms with Gasteiger partial charge in [-0.25, -0.2) is 0 Å². The Hall–Kier alpha value is -2.42. The molecule has 9 nitrogen and oxygen atoms in total. The molecule has 3 rings (SSSR count). The molecule has 1 atom stereocenters. The topological polar surface area (TPSA) is 106 Å². The summed E-state index contributed by atoms with van der Waals surface area (Å²) in [5.41, 5.74) is -0.559. The fourth-order valence-corrected chi connectivity index (χ4v) is 4.21. The highest BCUT2D eigenvalue weighted by molar-refractivity contribution is 6.01. The van der Waals surface area contributed by atoms with E-state index in [-0.39, 0.29) is 36.0 Å². The average Bonchev–Trinajstić information content (AvgIpc) is 3.00. The third-order valence-corrected chi connectivity index (χ3v) is 6.37. The zero-order valence-electron chi connectivity index (χ0n) is 18.9. The Morgan fingerprint density at radius 1 is 1.26 bits per heavy atom. The van der Waals surface area contributed by atoms with Gasteiger partial charge in [0, 0.05) is 38.9 Å². The molecule has 2 aliphatic rings. The highest BCUT2D eigenvalue weighted by Crippen LogP contribution is 2.27. The van der Waals surface area contributed by atoms with E-state index in [1.807, 2.05) is 6.92 Å². The number of nitrogens with one attached hydrogen (secondary N) is 2. The molecule has 1 aromatic heterocycles. The molecule has 0 aromatic carbocycles. The minimum atomic E-state index is -1.06. The van der Waals surface area contributed by atoms with Crippen LogP contribution in [0.1, 0.15) is 79.8 Å². The highest BCUT2D eigenvalue weighted by Gasteiger charge is 2.46. The number of carbonyl (C=O) groups is 3. The summed E-state index contributed by atoms with van der Waals surface area (Å²) in [7, 11) is 1.64. The number of hydrogen-bond donors (Lipinski definition) is 2. The van der Waals surface area contributed by atoms with Crippen molar-refractivity contribution in [1.82, 2.24) is 25.3 Å². The summed E-state index contributed by atoms with van der Waals surface area (Å²) >= 11 is 0. The van der Waals surface area contributed by atoms with Crippen LogP contribution in [0.25, 0.3) is 0 Å². The van der Waals surface area contributed by atoms with Crippen LogP contribution in [0, 0.1) is 0 Å². The van der Waals surface area contributed by atoms with E-state index in [1.54, 1.807) is 14.0 Å². The van der Waals surface area contributed by atoms with Crippen molar-refractivity contribution in [1.29, 1.82) is 0 Å². The second-order valence-corrected chi connectivity index (χ2v) is 8.68. The third kappa shape index (κ3) is 5.26. The van der Waals surface area contributed by atoms with Crippen LogP contribution in [0.2, 0.25) is 0 Å². The van der Waals surface area contributed by atoms with E-state index in [0.29, 0.717) is 31.9 Å². The Kier molecular flexibility index (Phi) is 7.69. The predicted octanol–water partition coefficient (Wildman–Crippen LogP) is 1.72. The lowest BCUT2D eigenvalue weighted by molar-refractivity contribution is -0.133. The number of rotatable bonds is 8. The van der Waals surface area contributed by atoms with Crippen LogP contribution in [-0.4, -0.2) is 70.8 Å². The minimum absolute atomic E-state index is 0.146. The fraction of sp³-hybridized carbons (Fsp3) is 0.727. The molecular formula is C22H35N5O4. The number of nitrogens with zero attached hydrogens (tertiary/aromatic N) is 3. The maximum Gasteiger partial charge on any atom is 0.272 e. The number of carbonyl (C=O) groups excluding carboxylic acids is 3. The Balaban J connectivity index is 1.68. The molecule has 0 radical (unpaired) electrons. The molecule has 2 N–H and O–H groups in total. The second-order valence-electron chi connectivity index (χ2n) is 8.68. The molecule has 2 heterocycles. The Labute approximate surface area is 183 Å². The first-order valence-corrected chi connectivity index (χ1v) is 11.4. The lowest BCUT2D eigenvalue weighted by Gasteiger charge is -2.41. The van der Waals surface area contributed by atoms with Gasteiger partial charge in [-0.05, 0) is 33.1 Å². The van der Waals surface area contributed by atoms with Crippen molar-refractivity contribution in [2.45, 2.75) is 76.9 Å². The highest BCUT2D eigenvalue weighted by atomic mass is 16.5. The third-order valence-electron chi connectivity index (χ3n) is 6.37. The van der Waals surface area contributed by atoms with E-state index in [1.165, 1.54) is 28.5 Å². The number of aromatic nitrogens is 2. The van der Waals surface area contributed by atoms with Gasteiger partial charge in [-0.3, -0.25) is 19.1 Å². The van der Waals surface area contributed by atoms with Crippen LogP contribution in [0.15, 0.2) is 6.07 Å². The zero-order chi connectivity index (χ0) is 22.4. The molecule has 0 unspecified atom stereocenters. The van der Waals surface area contributed by atoms with Gasteiger partial charge >= 0.3 is 0 Å². The van der Waals surface area contributed by atoms with Crippen LogP contribution < -0.4 is 10.6 Å². The van der Waals surface area contributed by atoms with Gasteiger partial charge in [0.25, 0.3) is 11.8 Å². The largest absolute Gasteiger partial charge is 0.382 e. The van der Waals surface area contributed by atoms with Gasteiger partial charge in [-0.15, -0.1) is 0 Å². The van der Waals surface area contributed by atoms with E-state index in [2.05, 4.69) is 15.7 Å². The number of hydrogen-bond acceptors (Lipinski definition) is 5. The molecule has 31 heavy (non-hydrogen) atoms. The van der Waals surface area contributed by atoms with Gasteiger partial charge in [-0.2, -0.15) is 5.10 Å². The molecule has 1 aliphatic carbocycles. The normalized spacial score (nSPS) is 22.0. The number of fused-ring (bicyclic) bond motifs is 1. The molecule has 3 amide bonds. The molecular weight excluding hydrogens is 398 g/mol. The Morgan fingerprint density at radius 3 is 2.65 bits per heavy atom. The first-order chi connectivity index (χ1) is 14.9. The standard InChI is InChI=1S/C22H35N5O4/c1-4-31-13-9-12-23-19(28)17-14-18-20(29)26(3)22(2,15-27(18)25-17)21(30)24-16-10-7-5-6-8-11-16/h14,16H,4-13,15H2,1-3H3,(H,23,28)(H,24,30)/t22-/m0/s1. The van der Waals surface area contributed by atoms with Crippen LogP contribution in [0.5, 0.6) is 0 Å². The Bertz CT molecular complexity index is 800. The molecule has 1 aliphatic heterocycles. The molecule has 1 saturated carbocycles. The first-order valence-electron chi connectivity index (χ1n) is 11.4. The lowest BCUT2D eigenvalue weighted by Crippen LogP contribution is -2.63. The number of amides is 3. The van der Waals surface area contributed by atoms with E-state index in [0.717, 1.165) is 25.7 Å². The van der Waals surface area contributed by atoms with Crippen molar-refractivity contribution in [3.63, 3.8) is 0 Å². The van der Waals surface area contributed by atoms with Crippen molar-refractivity contribution >= 4 is 17.7 Å². The van der Waals surface area contributed by atoms with Crippen molar-refractivity contribution in [3.8, 4) is 0 Å². The summed E-state index contributed by atoms with van der Waals surface area (Å²) in [5, 5.41) is 10.3. The molecule has 0 bridgehead atoms. The van der Waals surface area contributed by atoms with Gasteiger partial charge in [0.2, 0.25) is 5.91 Å². The van der Waals surface area contributed by atoms with E-state index in [4.69, 9.17) is 4.74 Å².